The first-order valence-corrected chi connectivity index (χ1v) is 11.4. The second kappa shape index (κ2) is 7.94. The molecule has 4 N–H and O–H groups in total. The fourth-order valence-electron chi connectivity index (χ4n) is 5.14. The Balaban J connectivity index is 1.35. The highest BCUT2D eigenvalue weighted by Crippen LogP contribution is 2.39. The average Bonchev–Trinajstić information content (AvgIpc) is 3.60. The number of anilines is 1. The Bertz CT molecular complexity index is 1340. The van der Waals surface area contributed by atoms with Crippen LogP contribution in [-0.2, 0) is 16.9 Å². The number of nitrogens with one attached hydrogen (secondary N) is 2. The van der Waals surface area contributed by atoms with Gasteiger partial charge in [-0.05, 0) is 36.2 Å². The molecule has 0 spiro atoms. The molecule has 182 valence electrons. The highest BCUT2D eigenvalue weighted by Gasteiger charge is 2.53. The summed E-state index contributed by atoms with van der Waals surface area (Å²) in [5, 5.41) is 25.9. The van der Waals surface area contributed by atoms with Crippen molar-refractivity contribution in [1.29, 1.82) is 0 Å². The van der Waals surface area contributed by atoms with Crippen LogP contribution >= 0.6 is 0 Å². The Morgan fingerprint density at radius 1 is 1.23 bits per heavy atom. The zero-order valence-electron chi connectivity index (χ0n) is 19.0. The highest BCUT2D eigenvalue weighted by atomic mass is 16.5. The third-order valence-electron chi connectivity index (χ3n) is 7.00. The van der Waals surface area contributed by atoms with Gasteiger partial charge in [0, 0.05) is 37.8 Å². The Morgan fingerprint density at radius 2 is 2.09 bits per heavy atom. The molecule has 11 heteroatoms. The summed E-state index contributed by atoms with van der Waals surface area (Å²) in [7, 11) is 1.56. The molecule has 6 rings (SSSR count). The predicted octanol–water partition coefficient (Wildman–Crippen LogP) is 0.949. The van der Waals surface area contributed by atoms with E-state index in [9.17, 15) is 19.8 Å². The van der Waals surface area contributed by atoms with Gasteiger partial charge in [-0.25, -0.2) is 9.78 Å². The van der Waals surface area contributed by atoms with E-state index in [1.807, 2.05) is 23.1 Å². The molecule has 0 radical (unpaired) electrons. The number of ether oxygens (including phenoxy) is 1. The van der Waals surface area contributed by atoms with Crippen molar-refractivity contribution in [2.75, 3.05) is 31.6 Å². The van der Waals surface area contributed by atoms with Crippen LogP contribution in [0, 0.1) is 0 Å². The molecule has 5 heterocycles. The molecule has 2 fully saturated rings. The zero-order valence-corrected chi connectivity index (χ0v) is 19.0. The fraction of sp³-hybridized carbons (Fsp3) is 0.375. The van der Waals surface area contributed by atoms with Gasteiger partial charge in [-0.15, -0.1) is 0 Å². The maximum atomic E-state index is 13.1. The Kier molecular flexibility index (Phi) is 4.95. The van der Waals surface area contributed by atoms with Crippen LogP contribution in [0.1, 0.15) is 29.5 Å². The Hall–Kier alpha value is -3.67. The Labute approximate surface area is 200 Å². The first-order chi connectivity index (χ1) is 16.9. The van der Waals surface area contributed by atoms with E-state index in [1.54, 1.807) is 30.2 Å². The number of hydrogen-bond acceptors (Lipinski definition) is 9. The molecule has 3 amide bonds. The van der Waals surface area contributed by atoms with Crippen molar-refractivity contribution < 1.29 is 29.0 Å². The molecule has 2 unspecified atom stereocenters. The van der Waals surface area contributed by atoms with Crippen LogP contribution in [-0.4, -0.2) is 64.9 Å². The van der Waals surface area contributed by atoms with Crippen LogP contribution < -0.4 is 20.3 Å². The van der Waals surface area contributed by atoms with Crippen molar-refractivity contribution in [1.82, 2.24) is 20.5 Å². The second-order valence-corrected chi connectivity index (χ2v) is 9.21. The van der Waals surface area contributed by atoms with Gasteiger partial charge in [0.25, 0.3) is 5.91 Å². The van der Waals surface area contributed by atoms with E-state index in [0.717, 1.165) is 5.56 Å². The van der Waals surface area contributed by atoms with Gasteiger partial charge in [0.05, 0.1) is 13.2 Å². The summed E-state index contributed by atoms with van der Waals surface area (Å²) in [6, 6.07) is 10.0. The summed E-state index contributed by atoms with van der Waals surface area (Å²) in [5.74, 6) is 0.985. The number of nitrogens with zero attached hydrogens (tertiary/aromatic N) is 3. The number of hydrogen-bond donors (Lipinski definition) is 4. The maximum absolute atomic E-state index is 13.1. The number of fused-ring (bicyclic) bond motifs is 2. The SMILES string of the molecule is COc1ccc2c(c1)C(O)N(C[C@@]1(c3cc4nc(N5CCC(O)C5)ccc4o3)NC(=O)NC1=O)C2. The first-order valence-electron chi connectivity index (χ1n) is 11.4. The number of benzene rings is 1. The highest BCUT2D eigenvalue weighted by molar-refractivity contribution is 6.07. The van der Waals surface area contributed by atoms with E-state index in [4.69, 9.17) is 9.15 Å². The lowest BCUT2D eigenvalue weighted by atomic mass is 9.95. The number of amides is 3. The molecule has 0 bridgehead atoms. The van der Waals surface area contributed by atoms with E-state index in [2.05, 4.69) is 15.6 Å². The van der Waals surface area contributed by atoms with Crippen LogP contribution in [0.5, 0.6) is 5.75 Å². The van der Waals surface area contributed by atoms with Gasteiger partial charge in [0.1, 0.15) is 29.1 Å². The van der Waals surface area contributed by atoms with Crippen LogP contribution in [0.3, 0.4) is 0 Å². The lowest BCUT2D eigenvalue weighted by Gasteiger charge is -2.30. The monoisotopic (exact) mass is 479 g/mol. The van der Waals surface area contributed by atoms with Crippen molar-refractivity contribution in [2.24, 2.45) is 0 Å². The van der Waals surface area contributed by atoms with Gasteiger partial charge in [-0.1, -0.05) is 6.07 Å². The Morgan fingerprint density at radius 3 is 2.80 bits per heavy atom. The minimum atomic E-state index is -1.55. The summed E-state index contributed by atoms with van der Waals surface area (Å²) >= 11 is 0. The smallest absolute Gasteiger partial charge is 0.322 e. The van der Waals surface area contributed by atoms with E-state index in [-0.39, 0.29) is 18.4 Å². The molecule has 3 atom stereocenters. The van der Waals surface area contributed by atoms with Gasteiger partial charge >= 0.3 is 6.03 Å². The van der Waals surface area contributed by atoms with Gasteiger partial charge in [0.15, 0.2) is 11.1 Å². The number of furan rings is 1. The molecule has 0 saturated carbocycles. The molecular weight excluding hydrogens is 454 g/mol. The van der Waals surface area contributed by atoms with Crippen molar-refractivity contribution in [3.8, 4) is 5.75 Å². The lowest BCUT2D eigenvalue weighted by molar-refractivity contribution is -0.127. The number of urea groups is 1. The summed E-state index contributed by atoms with van der Waals surface area (Å²) in [5.41, 5.74) is 1.04. The van der Waals surface area contributed by atoms with Crippen LogP contribution in [0.25, 0.3) is 11.1 Å². The number of aliphatic hydroxyl groups excluding tert-OH is 2. The molecule has 2 saturated heterocycles. The molecule has 1 aromatic carbocycles. The minimum absolute atomic E-state index is 0.0201. The number of pyridine rings is 1. The number of aromatic nitrogens is 1. The van der Waals surface area contributed by atoms with Gasteiger partial charge in [-0.3, -0.25) is 15.0 Å². The summed E-state index contributed by atoms with van der Waals surface area (Å²) in [6.07, 6.45) is -0.694. The predicted molar refractivity (Wildman–Crippen MR) is 124 cm³/mol. The van der Waals surface area contributed by atoms with E-state index >= 15 is 0 Å². The largest absolute Gasteiger partial charge is 0.497 e. The average molecular weight is 479 g/mol. The lowest BCUT2D eigenvalue weighted by Crippen LogP contribution is -2.52. The molecule has 35 heavy (non-hydrogen) atoms. The number of imide groups is 1. The summed E-state index contributed by atoms with van der Waals surface area (Å²) in [4.78, 5) is 33.7. The quantitative estimate of drug-likeness (QED) is 0.394. The number of methoxy groups -OCH3 is 1. The number of rotatable bonds is 5. The summed E-state index contributed by atoms with van der Waals surface area (Å²) in [6.45, 7) is 1.56. The zero-order chi connectivity index (χ0) is 24.3. The van der Waals surface area contributed by atoms with Gasteiger partial charge < -0.3 is 29.6 Å². The molecule has 3 aromatic rings. The van der Waals surface area contributed by atoms with E-state index in [1.165, 1.54) is 0 Å². The van der Waals surface area contributed by atoms with Crippen molar-refractivity contribution in [3.63, 3.8) is 0 Å². The summed E-state index contributed by atoms with van der Waals surface area (Å²) < 4.78 is 11.3. The number of carbonyl (C=O) groups is 2. The van der Waals surface area contributed by atoms with Crippen LogP contribution in [0.4, 0.5) is 10.6 Å². The molecule has 3 aliphatic heterocycles. The number of β-amino-alcohol motifs (C(OH)–C–C–N with tert-alkyl or cyclic N) is 1. The molecule has 3 aliphatic rings. The third kappa shape index (κ3) is 3.51. The number of aliphatic hydroxyl groups is 2. The third-order valence-corrected chi connectivity index (χ3v) is 7.00. The first kappa shape index (κ1) is 21.8. The van der Waals surface area contributed by atoms with Gasteiger partial charge in [0.2, 0.25) is 0 Å². The van der Waals surface area contributed by atoms with E-state index < -0.39 is 23.7 Å². The molecular formula is C24H25N5O6. The number of carbonyl (C=O) groups excluding carboxylic acids is 2. The molecule has 11 nitrogen and oxygen atoms in total. The standard InChI is InChI=1S/C24H25N5O6/c1-34-15-3-2-13-10-29(21(31)16(13)8-15)12-24(22(32)26-23(33)27-24)19-9-17-18(35-19)4-5-20(25-17)28-7-6-14(30)11-28/h2-5,8-9,14,21,30-31H,6-7,10-12H2,1H3,(H2,26,27,32,33)/t14?,21?,24-/m0/s1. The van der Waals surface area contributed by atoms with E-state index in [0.29, 0.717) is 54.3 Å². The van der Waals surface area contributed by atoms with Crippen molar-refractivity contribution in [3.05, 3.63) is 53.3 Å². The topological polar surface area (TPSA) is 140 Å². The van der Waals surface area contributed by atoms with Crippen LogP contribution in [0.2, 0.25) is 0 Å². The fourth-order valence-corrected chi connectivity index (χ4v) is 5.14. The molecule has 0 aliphatic carbocycles. The van der Waals surface area contributed by atoms with Crippen molar-refractivity contribution >= 4 is 28.9 Å². The van der Waals surface area contributed by atoms with Crippen LogP contribution in [0.15, 0.2) is 40.8 Å². The minimum Gasteiger partial charge on any atom is -0.497 e. The normalized spacial score (nSPS) is 26.3. The van der Waals surface area contributed by atoms with Gasteiger partial charge in [-0.2, -0.15) is 0 Å². The van der Waals surface area contributed by atoms with Crippen molar-refractivity contribution in [2.45, 2.75) is 30.8 Å². The second-order valence-electron chi connectivity index (χ2n) is 9.21. The molecule has 2 aromatic heterocycles. The maximum Gasteiger partial charge on any atom is 0.322 e.